The number of carbonyl (C=O) groups is 1. The Kier molecular flexibility index (Phi) is 5.72. The van der Waals surface area contributed by atoms with Gasteiger partial charge < -0.3 is 10.1 Å². The monoisotopic (exact) mass is 418 g/mol. The van der Waals surface area contributed by atoms with Crippen LogP contribution in [0.4, 0.5) is 5.69 Å². The number of hydrogen-bond acceptors (Lipinski definition) is 5. The zero-order valence-corrected chi connectivity index (χ0v) is 15.7. The molecule has 128 valence electrons. The smallest absolute Gasteiger partial charge is 0.234 e. The lowest BCUT2D eigenvalue weighted by Gasteiger charge is -2.08. The number of halogens is 1. The molecule has 0 unspecified atom stereocenters. The zero-order chi connectivity index (χ0) is 17.6. The number of para-hydroxylation sites is 2. The first-order valence-electron chi connectivity index (χ1n) is 7.39. The van der Waals surface area contributed by atoms with Gasteiger partial charge in [0, 0.05) is 10.0 Å². The average Bonchev–Trinajstić information content (AvgIpc) is 3.10. The Bertz CT molecular complexity index is 867. The molecule has 1 aromatic heterocycles. The number of ether oxygens (including phenoxy) is 1. The normalized spacial score (nSPS) is 10.5. The number of anilines is 1. The van der Waals surface area contributed by atoms with Gasteiger partial charge in [0.25, 0.3) is 0 Å². The highest BCUT2D eigenvalue weighted by atomic mass is 79.9. The summed E-state index contributed by atoms with van der Waals surface area (Å²) in [6.07, 6.45) is 0. The minimum absolute atomic E-state index is 0.149. The van der Waals surface area contributed by atoms with E-state index in [2.05, 4.69) is 36.4 Å². The van der Waals surface area contributed by atoms with Gasteiger partial charge in [0.1, 0.15) is 5.75 Å². The lowest BCUT2D eigenvalue weighted by atomic mass is 10.2. The van der Waals surface area contributed by atoms with Gasteiger partial charge in [-0.2, -0.15) is 0 Å². The van der Waals surface area contributed by atoms with Crippen LogP contribution in [-0.2, 0) is 4.79 Å². The zero-order valence-electron chi connectivity index (χ0n) is 13.3. The quantitative estimate of drug-likeness (QED) is 0.591. The first-order valence-corrected chi connectivity index (χ1v) is 9.17. The van der Waals surface area contributed by atoms with Crippen LogP contribution in [0.1, 0.15) is 0 Å². The molecule has 3 rings (SSSR count). The van der Waals surface area contributed by atoms with E-state index in [1.807, 2.05) is 36.4 Å². The van der Waals surface area contributed by atoms with Gasteiger partial charge in [0.2, 0.25) is 11.1 Å². The molecular weight excluding hydrogens is 404 g/mol. The van der Waals surface area contributed by atoms with Gasteiger partial charge in [0.15, 0.2) is 5.82 Å². The maximum absolute atomic E-state index is 12.1. The van der Waals surface area contributed by atoms with E-state index >= 15 is 0 Å². The number of methoxy groups -OCH3 is 1. The van der Waals surface area contributed by atoms with Gasteiger partial charge in [-0.15, -0.1) is 5.10 Å². The third kappa shape index (κ3) is 4.61. The minimum Gasteiger partial charge on any atom is -0.495 e. The van der Waals surface area contributed by atoms with E-state index in [0.717, 1.165) is 10.0 Å². The maximum Gasteiger partial charge on any atom is 0.234 e. The summed E-state index contributed by atoms with van der Waals surface area (Å²) in [6, 6.07) is 15.0. The van der Waals surface area contributed by atoms with Crippen molar-refractivity contribution in [1.29, 1.82) is 0 Å². The van der Waals surface area contributed by atoms with E-state index in [1.54, 1.807) is 19.2 Å². The molecule has 0 saturated carbocycles. The lowest BCUT2D eigenvalue weighted by molar-refractivity contribution is -0.113. The van der Waals surface area contributed by atoms with E-state index in [-0.39, 0.29) is 11.7 Å². The Balaban J connectivity index is 1.58. The summed E-state index contributed by atoms with van der Waals surface area (Å²) in [5.41, 5.74) is 1.57. The number of benzene rings is 2. The topological polar surface area (TPSA) is 79.9 Å². The summed E-state index contributed by atoms with van der Waals surface area (Å²) in [5, 5.41) is 10.4. The number of H-pyrrole nitrogens is 1. The summed E-state index contributed by atoms with van der Waals surface area (Å²) < 4.78 is 6.21. The van der Waals surface area contributed by atoms with Crippen molar-refractivity contribution >= 4 is 39.3 Å². The van der Waals surface area contributed by atoms with Crippen molar-refractivity contribution < 1.29 is 9.53 Å². The second-order valence-electron chi connectivity index (χ2n) is 5.01. The van der Waals surface area contributed by atoms with Crippen LogP contribution in [0.2, 0.25) is 0 Å². The molecule has 6 nitrogen and oxygen atoms in total. The standard InChI is InChI=1S/C17H15BrN4O2S/c1-24-14-5-3-2-4-13(14)19-15(23)10-25-17-20-16(21-22-17)11-6-8-12(18)9-7-11/h2-9H,10H2,1H3,(H,19,23)(H,20,21,22). The number of hydrogen-bond donors (Lipinski definition) is 2. The molecule has 0 fully saturated rings. The van der Waals surface area contributed by atoms with Crippen LogP contribution in [0.15, 0.2) is 58.2 Å². The molecule has 0 aliphatic heterocycles. The predicted octanol–water partition coefficient (Wildman–Crippen LogP) is 3.97. The van der Waals surface area contributed by atoms with Gasteiger partial charge in [-0.05, 0) is 24.3 Å². The molecule has 0 saturated heterocycles. The number of nitrogens with one attached hydrogen (secondary N) is 2. The molecule has 1 amide bonds. The predicted molar refractivity (Wildman–Crippen MR) is 102 cm³/mol. The number of amides is 1. The first kappa shape index (κ1) is 17.5. The average molecular weight is 419 g/mol. The van der Waals surface area contributed by atoms with Crippen LogP contribution < -0.4 is 10.1 Å². The molecule has 0 bridgehead atoms. The second kappa shape index (κ2) is 8.17. The molecule has 25 heavy (non-hydrogen) atoms. The highest BCUT2D eigenvalue weighted by Crippen LogP contribution is 2.24. The van der Waals surface area contributed by atoms with E-state index < -0.39 is 0 Å². The summed E-state index contributed by atoms with van der Waals surface area (Å²) in [6.45, 7) is 0. The van der Waals surface area contributed by atoms with Gasteiger partial charge in [0.05, 0.1) is 18.6 Å². The summed E-state index contributed by atoms with van der Waals surface area (Å²) in [5.74, 6) is 1.34. The molecule has 1 heterocycles. The molecule has 0 atom stereocenters. The van der Waals surface area contributed by atoms with Crippen molar-refractivity contribution in [3.63, 3.8) is 0 Å². The van der Waals surface area contributed by atoms with Crippen LogP contribution in [0.3, 0.4) is 0 Å². The minimum atomic E-state index is -0.149. The van der Waals surface area contributed by atoms with Crippen molar-refractivity contribution in [2.45, 2.75) is 5.16 Å². The van der Waals surface area contributed by atoms with Crippen molar-refractivity contribution in [2.24, 2.45) is 0 Å². The molecule has 0 aliphatic carbocycles. The third-order valence-corrected chi connectivity index (χ3v) is 4.67. The Hall–Kier alpha value is -2.32. The van der Waals surface area contributed by atoms with Crippen LogP contribution in [0, 0.1) is 0 Å². The summed E-state index contributed by atoms with van der Waals surface area (Å²) >= 11 is 4.66. The largest absolute Gasteiger partial charge is 0.495 e. The van der Waals surface area contributed by atoms with Crippen LogP contribution in [0.5, 0.6) is 5.75 Å². The molecule has 2 aromatic carbocycles. The van der Waals surface area contributed by atoms with Crippen molar-refractivity contribution in [3.05, 3.63) is 53.0 Å². The lowest BCUT2D eigenvalue weighted by Crippen LogP contribution is -2.14. The Morgan fingerprint density at radius 1 is 1.24 bits per heavy atom. The Morgan fingerprint density at radius 3 is 2.76 bits per heavy atom. The molecule has 3 aromatic rings. The molecule has 2 N–H and O–H groups in total. The van der Waals surface area contributed by atoms with E-state index in [9.17, 15) is 4.79 Å². The van der Waals surface area contributed by atoms with Gasteiger partial charge in [-0.25, -0.2) is 4.98 Å². The van der Waals surface area contributed by atoms with E-state index in [4.69, 9.17) is 4.74 Å². The maximum atomic E-state index is 12.1. The van der Waals surface area contributed by atoms with Gasteiger partial charge >= 0.3 is 0 Å². The number of carbonyl (C=O) groups excluding carboxylic acids is 1. The van der Waals surface area contributed by atoms with E-state index in [0.29, 0.717) is 22.4 Å². The molecule has 0 aliphatic rings. The first-order chi connectivity index (χ1) is 12.2. The number of aromatic amines is 1. The Labute approximate surface area is 157 Å². The molecule has 0 spiro atoms. The van der Waals surface area contributed by atoms with Gasteiger partial charge in [-0.3, -0.25) is 9.89 Å². The summed E-state index contributed by atoms with van der Waals surface area (Å²) in [4.78, 5) is 16.5. The SMILES string of the molecule is COc1ccccc1NC(=O)CSc1n[nH]c(-c2ccc(Br)cc2)n1. The van der Waals surface area contributed by atoms with Crippen LogP contribution in [-0.4, -0.2) is 34.0 Å². The van der Waals surface area contributed by atoms with Crippen LogP contribution >= 0.6 is 27.7 Å². The molecule has 8 heteroatoms. The fourth-order valence-corrected chi connectivity index (χ4v) is 2.97. The summed E-state index contributed by atoms with van der Waals surface area (Å²) in [7, 11) is 1.57. The fourth-order valence-electron chi connectivity index (χ4n) is 2.11. The fraction of sp³-hybridized carbons (Fsp3) is 0.118. The van der Waals surface area contributed by atoms with Crippen LogP contribution in [0.25, 0.3) is 11.4 Å². The Morgan fingerprint density at radius 2 is 2.00 bits per heavy atom. The molecule has 0 radical (unpaired) electrons. The second-order valence-corrected chi connectivity index (χ2v) is 6.87. The van der Waals surface area contributed by atoms with Gasteiger partial charge in [-0.1, -0.05) is 52.0 Å². The van der Waals surface area contributed by atoms with Crippen molar-refractivity contribution in [3.8, 4) is 17.1 Å². The van der Waals surface area contributed by atoms with E-state index in [1.165, 1.54) is 11.8 Å². The number of rotatable bonds is 6. The highest BCUT2D eigenvalue weighted by Gasteiger charge is 2.11. The van der Waals surface area contributed by atoms with Crippen molar-refractivity contribution in [1.82, 2.24) is 15.2 Å². The highest BCUT2D eigenvalue weighted by molar-refractivity contribution is 9.10. The third-order valence-electron chi connectivity index (χ3n) is 3.30. The number of aromatic nitrogens is 3. The molecular formula is C17H15BrN4O2S. The number of thioether (sulfide) groups is 1. The van der Waals surface area contributed by atoms with Crippen molar-refractivity contribution in [2.75, 3.05) is 18.2 Å². The number of nitrogens with zero attached hydrogens (tertiary/aromatic N) is 2.